The SMILES string of the molecule is Cc1ccc(C=Cc2ccc3cc(-c4cc5ccc(C=Cc6ccc(C)cc6)cc5s4)sc3c2)cc1. The second kappa shape index (κ2) is 9.73. The summed E-state index contributed by atoms with van der Waals surface area (Å²) in [4.78, 5) is 2.67. The summed E-state index contributed by atoms with van der Waals surface area (Å²) in [5.41, 5.74) is 7.50. The molecule has 0 N–H and O–H groups in total. The highest BCUT2D eigenvalue weighted by atomic mass is 32.1. The number of thiophene rings is 2. The largest absolute Gasteiger partial charge is 0.134 e. The average molecular weight is 499 g/mol. The van der Waals surface area contributed by atoms with E-state index in [9.17, 15) is 0 Å². The molecule has 0 aliphatic carbocycles. The van der Waals surface area contributed by atoms with Crippen molar-refractivity contribution >= 4 is 67.1 Å². The molecule has 4 aromatic carbocycles. The lowest BCUT2D eigenvalue weighted by atomic mass is 10.1. The van der Waals surface area contributed by atoms with Crippen molar-refractivity contribution < 1.29 is 0 Å². The summed E-state index contributed by atoms with van der Waals surface area (Å²) >= 11 is 3.76. The van der Waals surface area contributed by atoms with Gasteiger partial charge < -0.3 is 0 Å². The first kappa shape index (κ1) is 22.7. The van der Waals surface area contributed by atoms with Gasteiger partial charge in [0.15, 0.2) is 0 Å². The van der Waals surface area contributed by atoms with Crippen molar-refractivity contribution in [2.45, 2.75) is 13.8 Å². The van der Waals surface area contributed by atoms with Crippen LogP contribution in [0.15, 0.2) is 97.1 Å². The molecular formula is C34H26S2. The molecule has 36 heavy (non-hydrogen) atoms. The fourth-order valence-electron chi connectivity index (χ4n) is 4.29. The predicted molar refractivity (Wildman–Crippen MR) is 163 cm³/mol. The molecule has 2 heteroatoms. The van der Waals surface area contributed by atoms with E-state index in [0.717, 1.165) is 0 Å². The molecule has 0 aliphatic rings. The monoisotopic (exact) mass is 498 g/mol. The molecule has 0 fully saturated rings. The highest BCUT2D eigenvalue weighted by Crippen LogP contribution is 2.40. The number of fused-ring (bicyclic) bond motifs is 2. The fourth-order valence-corrected chi connectivity index (χ4v) is 6.58. The lowest BCUT2D eigenvalue weighted by molar-refractivity contribution is 1.46. The van der Waals surface area contributed by atoms with Crippen LogP contribution in [0.4, 0.5) is 0 Å². The van der Waals surface area contributed by atoms with Crippen LogP contribution in [0.1, 0.15) is 33.4 Å². The van der Waals surface area contributed by atoms with Crippen molar-refractivity contribution in [2.24, 2.45) is 0 Å². The van der Waals surface area contributed by atoms with E-state index in [4.69, 9.17) is 0 Å². The molecule has 2 aromatic heterocycles. The molecular weight excluding hydrogens is 473 g/mol. The lowest BCUT2D eigenvalue weighted by Gasteiger charge is -1.96. The van der Waals surface area contributed by atoms with Gasteiger partial charge in [0.2, 0.25) is 0 Å². The van der Waals surface area contributed by atoms with E-state index in [1.165, 1.54) is 63.3 Å². The summed E-state index contributed by atoms with van der Waals surface area (Å²) in [6, 6.07) is 35.4. The van der Waals surface area contributed by atoms with Crippen LogP contribution in [0, 0.1) is 13.8 Å². The van der Waals surface area contributed by atoms with Crippen LogP contribution in [-0.2, 0) is 0 Å². The molecule has 0 nitrogen and oxygen atoms in total. The van der Waals surface area contributed by atoms with Crippen molar-refractivity contribution in [2.75, 3.05) is 0 Å². The number of benzene rings is 4. The third-order valence-corrected chi connectivity index (χ3v) is 8.81. The Morgan fingerprint density at radius 2 is 0.778 bits per heavy atom. The molecule has 6 rings (SSSR count). The Morgan fingerprint density at radius 1 is 0.417 bits per heavy atom. The zero-order valence-electron chi connectivity index (χ0n) is 20.4. The molecule has 6 aromatic rings. The Hall–Kier alpha value is -3.72. The molecule has 0 spiro atoms. The maximum atomic E-state index is 2.33. The first-order valence-electron chi connectivity index (χ1n) is 12.2. The highest BCUT2D eigenvalue weighted by molar-refractivity contribution is 7.28. The minimum Gasteiger partial charge on any atom is -0.134 e. The summed E-state index contributed by atoms with van der Waals surface area (Å²) in [5.74, 6) is 0. The topological polar surface area (TPSA) is 0 Å². The maximum absolute atomic E-state index is 2.33. The average Bonchev–Trinajstić information content (AvgIpc) is 3.51. The van der Waals surface area contributed by atoms with E-state index >= 15 is 0 Å². The van der Waals surface area contributed by atoms with E-state index in [-0.39, 0.29) is 0 Å². The van der Waals surface area contributed by atoms with Gasteiger partial charge in [-0.3, -0.25) is 0 Å². The van der Waals surface area contributed by atoms with Gasteiger partial charge in [-0.1, -0.05) is 108 Å². The zero-order chi connectivity index (χ0) is 24.5. The first-order chi connectivity index (χ1) is 17.6. The van der Waals surface area contributed by atoms with Gasteiger partial charge in [-0.15, -0.1) is 22.7 Å². The number of hydrogen-bond donors (Lipinski definition) is 0. The third-order valence-electron chi connectivity index (χ3n) is 6.42. The van der Waals surface area contributed by atoms with Gasteiger partial charge in [-0.2, -0.15) is 0 Å². The number of hydrogen-bond acceptors (Lipinski definition) is 2. The van der Waals surface area contributed by atoms with Gasteiger partial charge >= 0.3 is 0 Å². The van der Waals surface area contributed by atoms with Crippen molar-refractivity contribution in [1.82, 2.24) is 0 Å². The fraction of sp³-hybridized carbons (Fsp3) is 0.0588. The van der Waals surface area contributed by atoms with Gasteiger partial charge in [0, 0.05) is 19.2 Å². The predicted octanol–water partition coefficient (Wildman–Crippen LogP) is 10.7. The van der Waals surface area contributed by atoms with E-state index in [2.05, 4.69) is 135 Å². The van der Waals surface area contributed by atoms with Gasteiger partial charge in [-0.05, 0) is 71.1 Å². The third kappa shape index (κ3) is 4.97. The molecule has 0 amide bonds. The van der Waals surface area contributed by atoms with Crippen LogP contribution in [0.2, 0.25) is 0 Å². The molecule has 0 saturated carbocycles. The molecule has 0 bridgehead atoms. The highest BCUT2D eigenvalue weighted by Gasteiger charge is 2.09. The number of aryl methyl sites for hydroxylation is 2. The van der Waals surface area contributed by atoms with Crippen molar-refractivity contribution in [1.29, 1.82) is 0 Å². The lowest BCUT2D eigenvalue weighted by Crippen LogP contribution is -1.74. The molecule has 2 heterocycles. The summed E-state index contributed by atoms with van der Waals surface area (Å²) in [6.07, 6.45) is 8.78. The van der Waals surface area contributed by atoms with Gasteiger partial charge in [0.25, 0.3) is 0 Å². The van der Waals surface area contributed by atoms with Crippen LogP contribution in [0.25, 0.3) is 54.2 Å². The van der Waals surface area contributed by atoms with Gasteiger partial charge in [0.05, 0.1) is 0 Å². The van der Waals surface area contributed by atoms with Crippen molar-refractivity contribution in [3.63, 3.8) is 0 Å². The van der Waals surface area contributed by atoms with Crippen molar-refractivity contribution in [3.8, 4) is 9.75 Å². The smallest absolute Gasteiger partial charge is 0.0455 e. The molecule has 174 valence electrons. The van der Waals surface area contributed by atoms with Crippen LogP contribution >= 0.6 is 22.7 Å². The zero-order valence-corrected chi connectivity index (χ0v) is 22.0. The standard InChI is InChI=1S/C34H26S2/c1-23-3-7-25(8-4-23)11-13-27-15-17-29-21-33(35-31(29)19-27)34-22-30-18-16-28(20-32(30)36-34)14-12-26-9-5-24(2)6-10-26/h3-22H,1-2H3. The van der Waals surface area contributed by atoms with Crippen LogP contribution in [0.3, 0.4) is 0 Å². The molecule has 0 unspecified atom stereocenters. The van der Waals surface area contributed by atoms with E-state index in [1.54, 1.807) is 0 Å². The Balaban J connectivity index is 1.25. The van der Waals surface area contributed by atoms with Crippen molar-refractivity contribution in [3.05, 3.63) is 130 Å². The molecule has 0 radical (unpaired) electrons. The molecule has 0 aliphatic heterocycles. The quantitative estimate of drug-likeness (QED) is 0.207. The Bertz CT molecular complexity index is 1590. The summed E-state index contributed by atoms with van der Waals surface area (Å²) in [7, 11) is 0. The van der Waals surface area contributed by atoms with Gasteiger partial charge in [0.1, 0.15) is 0 Å². The molecule has 0 atom stereocenters. The normalized spacial score (nSPS) is 11.9. The first-order valence-corrected chi connectivity index (χ1v) is 13.8. The van der Waals surface area contributed by atoms with Gasteiger partial charge in [-0.25, -0.2) is 0 Å². The van der Waals surface area contributed by atoms with Crippen LogP contribution in [-0.4, -0.2) is 0 Å². The molecule has 0 saturated heterocycles. The Labute approximate surface area is 220 Å². The summed E-state index contributed by atoms with van der Waals surface area (Å²) in [6.45, 7) is 4.24. The number of rotatable bonds is 5. The van der Waals surface area contributed by atoms with E-state index in [1.807, 2.05) is 22.7 Å². The second-order valence-corrected chi connectivity index (χ2v) is 11.5. The van der Waals surface area contributed by atoms with Crippen LogP contribution < -0.4 is 0 Å². The maximum Gasteiger partial charge on any atom is 0.0455 e. The second-order valence-electron chi connectivity index (χ2n) is 9.30. The summed E-state index contributed by atoms with van der Waals surface area (Å²) < 4.78 is 2.66. The minimum atomic E-state index is 1.23. The van der Waals surface area contributed by atoms with E-state index in [0.29, 0.717) is 0 Å². The Kier molecular flexibility index (Phi) is 6.14. The Morgan fingerprint density at radius 3 is 1.19 bits per heavy atom. The minimum absolute atomic E-state index is 1.23. The summed E-state index contributed by atoms with van der Waals surface area (Å²) in [5, 5.41) is 2.61. The van der Waals surface area contributed by atoms with Crippen LogP contribution in [0.5, 0.6) is 0 Å². The van der Waals surface area contributed by atoms with E-state index < -0.39 is 0 Å².